The Bertz CT molecular complexity index is 873. The Morgan fingerprint density at radius 1 is 1.25 bits per heavy atom. The van der Waals surface area contributed by atoms with Crippen molar-refractivity contribution in [2.24, 2.45) is 11.5 Å². The summed E-state index contributed by atoms with van der Waals surface area (Å²) in [5, 5.41) is 6.42. The fourth-order valence-corrected chi connectivity index (χ4v) is 2.41. The first-order valence-electron chi connectivity index (χ1n) is 8.39. The first-order chi connectivity index (χ1) is 13.4. The minimum atomic E-state index is -0.502. The van der Waals surface area contributed by atoms with Gasteiger partial charge >= 0.3 is 0 Å². The van der Waals surface area contributed by atoms with E-state index in [0.29, 0.717) is 28.8 Å². The maximum absolute atomic E-state index is 14.1. The van der Waals surface area contributed by atoms with Crippen molar-refractivity contribution >= 4 is 28.8 Å². The molecular formula is C19H23ClFN5O2. The quantitative estimate of drug-likeness (QED) is 0.287. The Balaban J connectivity index is 2.39. The number of benzene rings is 1. The number of nitrogens with zero attached hydrogens (tertiary/aromatic N) is 1. The predicted octanol–water partition coefficient (Wildman–Crippen LogP) is 3.12. The van der Waals surface area contributed by atoms with Crippen LogP contribution in [0.2, 0.25) is 5.02 Å². The van der Waals surface area contributed by atoms with E-state index < -0.39 is 5.82 Å². The molecule has 0 unspecified atom stereocenters. The second kappa shape index (κ2) is 10.4. The molecule has 0 radical (unpaired) electrons. The summed E-state index contributed by atoms with van der Waals surface area (Å²) in [7, 11) is 3.31. The molecule has 9 heteroatoms. The first-order valence-corrected chi connectivity index (χ1v) is 8.77. The van der Waals surface area contributed by atoms with Gasteiger partial charge in [0, 0.05) is 48.4 Å². The molecule has 0 spiro atoms. The van der Waals surface area contributed by atoms with Crippen LogP contribution in [0.1, 0.15) is 5.56 Å². The topological polar surface area (TPSA) is 107 Å². The van der Waals surface area contributed by atoms with Gasteiger partial charge in [0.25, 0.3) is 0 Å². The molecule has 0 bridgehead atoms. The van der Waals surface area contributed by atoms with E-state index in [2.05, 4.69) is 15.6 Å². The van der Waals surface area contributed by atoms with Gasteiger partial charge in [0.2, 0.25) is 5.88 Å². The molecule has 0 aliphatic rings. The molecule has 0 fully saturated rings. The smallest absolute Gasteiger partial charge is 0.208 e. The molecule has 0 saturated carbocycles. The van der Waals surface area contributed by atoms with E-state index in [1.807, 2.05) is 0 Å². The van der Waals surface area contributed by atoms with E-state index in [1.54, 1.807) is 32.5 Å². The number of nitrogens with one attached hydrogen (secondary N) is 2. The molecule has 0 saturated heterocycles. The monoisotopic (exact) mass is 407 g/mol. The van der Waals surface area contributed by atoms with Crippen molar-refractivity contribution in [2.75, 3.05) is 38.0 Å². The van der Waals surface area contributed by atoms with Crippen molar-refractivity contribution in [1.29, 1.82) is 0 Å². The van der Waals surface area contributed by atoms with Gasteiger partial charge in [-0.15, -0.1) is 0 Å². The third-order valence-electron chi connectivity index (χ3n) is 3.64. The van der Waals surface area contributed by atoms with Crippen molar-refractivity contribution in [1.82, 2.24) is 4.98 Å². The lowest BCUT2D eigenvalue weighted by molar-refractivity contribution is 0.108. The molecule has 1 heterocycles. The number of aromatic nitrogens is 1. The van der Waals surface area contributed by atoms with Crippen LogP contribution < -0.4 is 22.1 Å². The SMILES string of the molecule is CNc1cc(NC(/C=C(\N)c2cc(Cl)ccc2F)=C(/N)OCCOC)ccn1. The first kappa shape index (κ1) is 21.3. The minimum absolute atomic E-state index is 0.0743. The maximum Gasteiger partial charge on any atom is 0.208 e. The Labute approximate surface area is 168 Å². The summed E-state index contributed by atoms with van der Waals surface area (Å²) in [5.74, 6) is 0.226. The highest BCUT2D eigenvalue weighted by molar-refractivity contribution is 6.30. The lowest BCUT2D eigenvalue weighted by Crippen LogP contribution is -2.15. The molecule has 0 aliphatic carbocycles. The summed E-state index contributed by atoms with van der Waals surface area (Å²) >= 11 is 5.95. The summed E-state index contributed by atoms with van der Waals surface area (Å²) in [6.07, 6.45) is 3.10. The highest BCUT2D eigenvalue weighted by Gasteiger charge is 2.10. The van der Waals surface area contributed by atoms with Crippen LogP contribution in [0, 0.1) is 5.82 Å². The van der Waals surface area contributed by atoms with Crippen molar-refractivity contribution in [3.8, 4) is 0 Å². The highest BCUT2D eigenvalue weighted by Crippen LogP contribution is 2.22. The fraction of sp³-hybridized carbons (Fsp3) is 0.211. The Kier molecular flexibility index (Phi) is 7.91. The number of hydrogen-bond acceptors (Lipinski definition) is 7. The molecule has 1 aromatic carbocycles. The van der Waals surface area contributed by atoms with E-state index >= 15 is 0 Å². The zero-order valence-electron chi connectivity index (χ0n) is 15.6. The van der Waals surface area contributed by atoms with E-state index in [-0.39, 0.29) is 23.8 Å². The van der Waals surface area contributed by atoms with Crippen LogP contribution in [0.25, 0.3) is 5.70 Å². The molecular weight excluding hydrogens is 385 g/mol. The summed E-state index contributed by atoms with van der Waals surface area (Å²) in [6, 6.07) is 7.64. The molecule has 0 amide bonds. The Morgan fingerprint density at radius 2 is 2.04 bits per heavy atom. The van der Waals surface area contributed by atoms with E-state index in [9.17, 15) is 4.39 Å². The summed E-state index contributed by atoms with van der Waals surface area (Å²) < 4.78 is 24.6. The number of rotatable bonds is 9. The van der Waals surface area contributed by atoms with E-state index in [0.717, 1.165) is 0 Å². The second-order valence-electron chi connectivity index (χ2n) is 5.65. The van der Waals surface area contributed by atoms with Gasteiger partial charge in [0.05, 0.1) is 6.61 Å². The zero-order valence-corrected chi connectivity index (χ0v) is 16.4. The third kappa shape index (κ3) is 6.04. The van der Waals surface area contributed by atoms with Gasteiger partial charge in [-0.3, -0.25) is 0 Å². The standard InChI is InChI=1S/C19H23ClFN5O2/c1-24-18-10-13(5-6-25-18)26-17(19(23)28-8-7-27-2)11-16(22)14-9-12(20)3-4-15(14)21/h3-6,9-11H,7-8,22-23H2,1-2H3,(H2,24,25,26)/b16-11-,19-17-. The third-order valence-corrected chi connectivity index (χ3v) is 3.88. The molecule has 2 aromatic rings. The van der Waals surface area contributed by atoms with Gasteiger partial charge in [-0.2, -0.15) is 0 Å². The van der Waals surface area contributed by atoms with Crippen LogP contribution in [-0.2, 0) is 9.47 Å². The molecule has 7 nitrogen and oxygen atoms in total. The van der Waals surface area contributed by atoms with Crippen molar-refractivity contribution in [3.63, 3.8) is 0 Å². The number of hydrogen-bond donors (Lipinski definition) is 4. The van der Waals surface area contributed by atoms with Crippen LogP contribution in [0.3, 0.4) is 0 Å². The average Bonchev–Trinajstić information content (AvgIpc) is 2.69. The second-order valence-corrected chi connectivity index (χ2v) is 6.08. The van der Waals surface area contributed by atoms with Crippen molar-refractivity contribution < 1.29 is 13.9 Å². The zero-order chi connectivity index (χ0) is 20.5. The number of ether oxygens (including phenoxy) is 2. The number of methoxy groups -OCH3 is 1. The summed E-state index contributed by atoms with van der Waals surface area (Å²) in [6.45, 7) is 0.597. The number of pyridine rings is 1. The lowest BCUT2D eigenvalue weighted by atomic mass is 10.1. The van der Waals surface area contributed by atoms with Crippen LogP contribution in [0.15, 0.2) is 54.2 Å². The van der Waals surface area contributed by atoms with Gasteiger partial charge in [-0.05, 0) is 30.3 Å². The molecule has 28 heavy (non-hydrogen) atoms. The van der Waals surface area contributed by atoms with E-state index in [1.165, 1.54) is 24.3 Å². The Morgan fingerprint density at radius 3 is 2.75 bits per heavy atom. The minimum Gasteiger partial charge on any atom is -0.475 e. The predicted molar refractivity (Wildman–Crippen MR) is 110 cm³/mol. The van der Waals surface area contributed by atoms with Gasteiger partial charge in [-0.1, -0.05) is 11.6 Å². The van der Waals surface area contributed by atoms with Crippen LogP contribution in [0.4, 0.5) is 15.9 Å². The molecule has 0 atom stereocenters. The van der Waals surface area contributed by atoms with Gasteiger partial charge in [-0.25, -0.2) is 9.37 Å². The van der Waals surface area contributed by atoms with E-state index in [4.69, 9.17) is 32.5 Å². The summed E-state index contributed by atoms with van der Waals surface area (Å²) in [5.41, 5.74) is 13.5. The number of halogens is 2. The highest BCUT2D eigenvalue weighted by atomic mass is 35.5. The average molecular weight is 408 g/mol. The molecule has 1 aromatic heterocycles. The van der Waals surface area contributed by atoms with Gasteiger partial charge in [0.1, 0.15) is 23.9 Å². The van der Waals surface area contributed by atoms with Crippen molar-refractivity contribution in [2.45, 2.75) is 0 Å². The molecule has 6 N–H and O–H groups in total. The number of nitrogens with two attached hydrogens (primary N) is 2. The normalized spacial score (nSPS) is 12.4. The fourth-order valence-electron chi connectivity index (χ4n) is 2.23. The van der Waals surface area contributed by atoms with Crippen LogP contribution in [-0.4, -0.2) is 32.4 Å². The van der Waals surface area contributed by atoms with Gasteiger partial charge in [0.15, 0.2) is 0 Å². The summed E-state index contributed by atoms with van der Waals surface area (Å²) in [4.78, 5) is 4.15. The number of allylic oxidation sites excluding steroid dienone is 1. The Hall–Kier alpha value is -2.97. The maximum atomic E-state index is 14.1. The molecule has 0 aliphatic heterocycles. The molecule has 2 rings (SSSR count). The number of anilines is 2. The van der Waals surface area contributed by atoms with Crippen LogP contribution in [0.5, 0.6) is 0 Å². The largest absolute Gasteiger partial charge is 0.475 e. The van der Waals surface area contributed by atoms with Crippen molar-refractivity contribution in [3.05, 3.63) is 70.6 Å². The van der Waals surface area contributed by atoms with Gasteiger partial charge < -0.3 is 31.6 Å². The molecule has 150 valence electrons. The van der Waals surface area contributed by atoms with Crippen LogP contribution >= 0.6 is 11.6 Å². The lowest BCUT2D eigenvalue weighted by Gasteiger charge is -2.14.